The van der Waals surface area contributed by atoms with Crippen molar-refractivity contribution in [2.75, 3.05) is 0 Å². The highest BCUT2D eigenvalue weighted by Gasteiger charge is 2.39. The summed E-state index contributed by atoms with van der Waals surface area (Å²) in [6.07, 6.45) is 1.73. The van der Waals surface area contributed by atoms with Gasteiger partial charge in [-0.25, -0.2) is 13.2 Å². The van der Waals surface area contributed by atoms with Crippen molar-refractivity contribution in [3.63, 3.8) is 0 Å². The van der Waals surface area contributed by atoms with Crippen LogP contribution in [0.5, 0.6) is 0 Å². The lowest BCUT2D eigenvalue weighted by atomic mass is 9.81. The van der Waals surface area contributed by atoms with Gasteiger partial charge in [0.1, 0.15) is 5.82 Å². The number of aliphatic hydroxyl groups excluding tert-OH is 1. The molecule has 1 aromatic heterocycles. The first-order valence-electron chi connectivity index (χ1n) is 5.64. The van der Waals surface area contributed by atoms with E-state index in [-0.39, 0.29) is 18.4 Å². The summed E-state index contributed by atoms with van der Waals surface area (Å²) in [4.78, 5) is 3.61. The first-order chi connectivity index (χ1) is 7.98. The number of alkyl halides is 2. The minimum Gasteiger partial charge on any atom is -0.388 e. The van der Waals surface area contributed by atoms with Crippen molar-refractivity contribution in [3.05, 3.63) is 29.8 Å². The first-order valence-corrected chi connectivity index (χ1v) is 5.64. The second-order valence-corrected chi connectivity index (χ2v) is 4.59. The standard InChI is InChI=1S/C12H14F3NO/c13-10-4-9(6-16-7-10)11(17)8-2-1-3-12(14,15)5-8/h4,6-8,11,17H,1-3,5H2. The maximum atomic E-state index is 13.2. The van der Waals surface area contributed by atoms with Crippen LogP contribution in [0.15, 0.2) is 18.5 Å². The van der Waals surface area contributed by atoms with E-state index in [4.69, 9.17) is 0 Å². The molecule has 2 nitrogen and oxygen atoms in total. The topological polar surface area (TPSA) is 33.1 Å². The molecule has 5 heteroatoms. The minimum absolute atomic E-state index is 0.127. The smallest absolute Gasteiger partial charge is 0.248 e. The zero-order chi connectivity index (χ0) is 12.5. The van der Waals surface area contributed by atoms with E-state index >= 15 is 0 Å². The van der Waals surface area contributed by atoms with E-state index in [0.717, 1.165) is 12.3 Å². The minimum atomic E-state index is -2.72. The van der Waals surface area contributed by atoms with E-state index in [1.54, 1.807) is 0 Å². The zero-order valence-electron chi connectivity index (χ0n) is 9.24. The molecule has 1 fully saturated rings. The quantitative estimate of drug-likeness (QED) is 0.868. The van der Waals surface area contributed by atoms with Crippen molar-refractivity contribution < 1.29 is 18.3 Å². The molecule has 1 aliphatic rings. The molecule has 2 unspecified atom stereocenters. The van der Waals surface area contributed by atoms with Crippen molar-refractivity contribution >= 4 is 0 Å². The molecule has 0 radical (unpaired) electrons. The fourth-order valence-corrected chi connectivity index (χ4v) is 2.34. The number of aromatic nitrogens is 1. The third kappa shape index (κ3) is 2.97. The van der Waals surface area contributed by atoms with Gasteiger partial charge in [-0.15, -0.1) is 0 Å². The van der Waals surface area contributed by atoms with Gasteiger partial charge in [0.2, 0.25) is 5.92 Å². The third-order valence-electron chi connectivity index (χ3n) is 3.19. The van der Waals surface area contributed by atoms with E-state index in [9.17, 15) is 18.3 Å². The molecule has 1 heterocycles. The Morgan fingerprint density at radius 1 is 1.41 bits per heavy atom. The monoisotopic (exact) mass is 245 g/mol. The number of nitrogens with zero attached hydrogens (tertiary/aromatic N) is 1. The fourth-order valence-electron chi connectivity index (χ4n) is 2.34. The molecule has 1 aromatic rings. The molecule has 2 rings (SSSR count). The second-order valence-electron chi connectivity index (χ2n) is 4.59. The van der Waals surface area contributed by atoms with Crippen LogP contribution in [0.2, 0.25) is 0 Å². The molecule has 0 aromatic carbocycles. The summed E-state index contributed by atoms with van der Waals surface area (Å²) in [6.45, 7) is 0. The van der Waals surface area contributed by atoms with Gasteiger partial charge in [0.25, 0.3) is 0 Å². The van der Waals surface area contributed by atoms with E-state index < -0.39 is 23.8 Å². The normalized spacial score (nSPS) is 25.5. The van der Waals surface area contributed by atoms with Gasteiger partial charge in [-0.2, -0.15) is 0 Å². The van der Waals surface area contributed by atoms with Crippen molar-refractivity contribution in [1.29, 1.82) is 0 Å². The lowest BCUT2D eigenvalue weighted by Gasteiger charge is -2.31. The Bertz CT molecular complexity index is 397. The molecular formula is C12H14F3NO. The SMILES string of the molecule is OC(c1cncc(F)c1)C1CCCC(F)(F)C1. The van der Waals surface area contributed by atoms with Crippen LogP contribution in [-0.4, -0.2) is 16.0 Å². The molecule has 1 saturated carbocycles. The Balaban J connectivity index is 2.12. The van der Waals surface area contributed by atoms with Crippen molar-refractivity contribution in [2.45, 2.75) is 37.7 Å². The van der Waals surface area contributed by atoms with Gasteiger partial charge in [0.05, 0.1) is 12.3 Å². The highest BCUT2D eigenvalue weighted by Crippen LogP contribution is 2.41. The van der Waals surface area contributed by atoms with Gasteiger partial charge in [-0.1, -0.05) is 0 Å². The molecule has 2 atom stereocenters. The van der Waals surface area contributed by atoms with Crippen LogP contribution >= 0.6 is 0 Å². The van der Waals surface area contributed by atoms with E-state index in [0.29, 0.717) is 12.8 Å². The first kappa shape index (κ1) is 12.4. The lowest BCUT2D eigenvalue weighted by Crippen LogP contribution is -2.29. The Morgan fingerprint density at radius 2 is 2.18 bits per heavy atom. The van der Waals surface area contributed by atoms with Crippen molar-refractivity contribution in [1.82, 2.24) is 4.98 Å². The maximum Gasteiger partial charge on any atom is 0.248 e. The summed E-state index contributed by atoms with van der Waals surface area (Å²) in [5.41, 5.74) is 0.271. The Labute approximate surface area is 97.5 Å². The Morgan fingerprint density at radius 3 is 2.82 bits per heavy atom. The van der Waals surface area contributed by atoms with Crippen LogP contribution in [-0.2, 0) is 0 Å². The van der Waals surface area contributed by atoms with Crippen LogP contribution in [0.4, 0.5) is 13.2 Å². The number of rotatable bonds is 2. The summed E-state index contributed by atoms with van der Waals surface area (Å²) in [5.74, 6) is -3.81. The highest BCUT2D eigenvalue weighted by atomic mass is 19.3. The lowest BCUT2D eigenvalue weighted by molar-refractivity contribution is -0.0762. The molecule has 1 N–H and O–H groups in total. The van der Waals surface area contributed by atoms with Gasteiger partial charge in [0, 0.05) is 24.6 Å². The molecule has 17 heavy (non-hydrogen) atoms. The summed E-state index contributed by atoms with van der Waals surface area (Å²) in [6, 6.07) is 1.14. The molecule has 1 aliphatic carbocycles. The summed E-state index contributed by atoms with van der Waals surface area (Å²) < 4.78 is 39.3. The van der Waals surface area contributed by atoms with Crippen LogP contribution in [0.25, 0.3) is 0 Å². The fraction of sp³-hybridized carbons (Fsp3) is 0.583. The van der Waals surface area contributed by atoms with Crippen molar-refractivity contribution in [3.8, 4) is 0 Å². The average Bonchev–Trinajstić information content (AvgIpc) is 2.26. The molecule has 94 valence electrons. The number of aliphatic hydroxyl groups is 1. The summed E-state index contributed by atoms with van der Waals surface area (Å²) in [7, 11) is 0. The van der Waals surface area contributed by atoms with E-state index in [1.807, 2.05) is 0 Å². The number of hydrogen-bond donors (Lipinski definition) is 1. The molecule has 0 saturated heterocycles. The van der Waals surface area contributed by atoms with Crippen molar-refractivity contribution in [2.24, 2.45) is 5.92 Å². The number of hydrogen-bond acceptors (Lipinski definition) is 2. The third-order valence-corrected chi connectivity index (χ3v) is 3.19. The number of halogens is 3. The molecule has 0 aliphatic heterocycles. The van der Waals surface area contributed by atoms with Gasteiger partial charge in [0.15, 0.2) is 0 Å². The Kier molecular flexibility index (Phi) is 3.38. The molecular weight excluding hydrogens is 231 g/mol. The molecule has 0 bridgehead atoms. The predicted molar refractivity (Wildman–Crippen MR) is 56.1 cm³/mol. The predicted octanol–water partition coefficient (Wildman–Crippen LogP) is 3.08. The van der Waals surface area contributed by atoms with Crippen LogP contribution < -0.4 is 0 Å². The van der Waals surface area contributed by atoms with Crippen LogP contribution in [0, 0.1) is 11.7 Å². The maximum absolute atomic E-state index is 13.2. The molecule has 0 spiro atoms. The average molecular weight is 245 g/mol. The van der Waals surface area contributed by atoms with Gasteiger partial charge in [-0.05, 0) is 24.8 Å². The van der Waals surface area contributed by atoms with E-state index in [1.165, 1.54) is 6.20 Å². The highest BCUT2D eigenvalue weighted by molar-refractivity contribution is 5.14. The molecule has 0 amide bonds. The summed E-state index contributed by atoms with van der Waals surface area (Å²) in [5, 5.41) is 9.96. The van der Waals surface area contributed by atoms with Gasteiger partial charge < -0.3 is 5.11 Å². The largest absolute Gasteiger partial charge is 0.388 e. The van der Waals surface area contributed by atoms with Gasteiger partial charge >= 0.3 is 0 Å². The van der Waals surface area contributed by atoms with E-state index in [2.05, 4.69) is 4.98 Å². The zero-order valence-corrected chi connectivity index (χ0v) is 9.24. The Hall–Kier alpha value is -1.10. The van der Waals surface area contributed by atoms with Crippen LogP contribution in [0.3, 0.4) is 0 Å². The van der Waals surface area contributed by atoms with Crippen LogP contribution in [0.1, 0.15) is 37.4 Å². The number of pyridine rings is 1. The second kappa shape index (κ2) is 4.64. The van der Waals surface area contributed by atoms with Gasteiger partial charge in [-0.3, -0.25) is 4.98 Å². The summed E-state index contributed by atoms with van der Waals surface area (Å²) >= 11 is 0.